The lowest BCUT2D eigenvalue weighted by molar-refractivity contribution is 0.244. The van der Waals surface area contributed by atoms with Gasteiger partial charge in [0.2, 0.25) is 16.0 Å². The van der Waals surface area contributed by atoms with Gasteiger partial charge in [0.05, 0.1) is 11.4 Å². The van der Waals surface area contributed by atoms with Crippen molar-refractivity contribution in [3.63, 3.8) is 0 Å². The number of benzene rings is 2. The van der Waals surface area contributed by atoms with Gasteiger partial charge in [0.25, 0.3) is 0 Å². The molecule has 7 nitrogen and oxygen atoms in total. The number of nitrogens with zero attached hydrogens (tertiary/aromatic N) is 5. The molecule has 0 spiro atoms. The van der Waals surface area contributed by atoms with Crippen LogP contribution in [0.4, 0.5) is 5.95 Å². The molecule has 1 saturated heterocycles. The molecule has 0 N–H and O–H groups in total. The van der Waals surface area contributed by atoms with Crippen molar-refractivity contribution < 1.29 is 8.42 Å². The van der Waals surface area contributed by atoms with Crippen LogP contribution in [-0.2, 0) is 10.0 Å². The minimum absolute atomic E-state index is 0.134. The van der Waals surface area contributed by atoms with Crippen LogP contribution in [0.3, 0.4) is 0 Å². The SMILES string of the molecule is CCS(=O)(=O)N(C)CCN(C)[C@@H]1CCN(c2nccc(-c3ccc4ccccc4c3)n2)C1. The lowest BCUT2D eigenvalue weighted by Gasteiger charge is -2.26. The first kappa shape index (κ1) is 22.6. The molecule has 3 aromatic rings. The van der Waals surface area contributed by atoms with Crippen LogP contribution in [0, 0.1) is 0 Å². The van der Waals surface area contributed by atoms with Crippen molar-refractivity contribution in [1.82, 2.24) is 19.2 Å². The van der Waals surface area contributed by atoms with Gasteiger partial charge in [0.15, 0.2) is 0 Å². The molecule has 1 atom stereocenters. The Labute approximate surface area is 190 Å². The Kier molecular flexibility index (Phi) is 6.74. The monoisotopic (exact) mass is 453 g/mol. The molecule has 170 valence electrons. The van der Waals surface area contributed by atoms with E-state index in [0.29, 0.717) is 19.1 Å². The number of likely N-dealkylation sites (N-methyl/N-ethyl adjacent to an activating group) is 2. The van der Waals surface area contributed by atoms with Crippen molar-refractivity contribution in [3.8, 4) is 11.3 Å². The summed E-state index contributed by atoms with van der Waals surface area (Å²) < 4.78 is 25.4. The second-order valence-corrected chi connectivity index (χ2v) is 10.8. The molecule has 1 aliphatic rings. The van der Waals surface area contributed by atoms with Crippen molar-refractivity contribution in [2.75, 3.05) is 50.9 Å². The highest BCUT2D eigenvalue weighted by molar-refractivity contribution is 7.89. The molecule has 4 rings (SSSR count). The van der Waals surface area contributed by atoms with E-state index in [0.717, 1.165) is 36.7 Å². The van der Waals surface area contributed by atoms with E-state index in [9.17, 15) is 8.42 Å². The standard InChI is InChI=1S/C24H31N5O2S/c1-4-32(30,31)28(3)16-15-27(2)22-12-14-29(18-22)24-25-13-11-23(26-24)21-10-9-19-7-5-6-8-20(19)17-21/h5-11,13,17,22H,4,12,14-16,18H2,1-3H3/t22-/m1/s1. The van der Waals surface area contributed by atoms with Crippen LogP contribution in [0.25, 0.3) is 22.0 Å². The van der Waals surface area contributed by atoms with Crippen LogP contribution < -0.4 is 4.90 Å². The Morgan fingerprint density at radius 2 is 1.84 bits per heavy atom. The van der Waals surface area contributed by atoms with Gasteiger partial charge in [-0.3, -0.25) is 0 Å². The Hall–Kier alpha value is -2.55. The van der Waals surface area contributed by atoms with Crippen LogP contribution >= 0.6 is 0 Å². The van der Waals surface area contributed by atoms with E-state index in [1.54, 1.807) is 14.0 Å². The van der Waals surface area contributed by atoms with E-state index in [2.05, 4.69) is 52.2 Å². The van der Waals surface area contributed by atoms with Crippen molar-refractivity contribution in [1.29, 1.82) is 0 Å². The van der Waals surface area contributed by atoms with Gasteiger partial charge in [-0.05, 0) is 43.3 Å². The van der Waals surface area contributed by atoms with Gasteiger partial charge in [0.1, 0.15) is 0 Å². The zero-order valence-electron chi connectivity index (χ0n) is 19.0. The number of fused-ring (bicyclic) bond motifs is 1. The largest absolute Gasteiger partial charge is 0.339 e. The maximum atomic E-state index is 12.0. The fraction of sp³-hybridized carbons (Fsp3) is 0.417. The maximum Gasteiger partial charge on any atom is 0.225 e. The van der Waals surface area contributed by atoms with Crippen LogP contribution in [0.5, 0.6) is 0 Å². The summed E-state index contributed by atoms with van der Waals surface area (Å²) in [6.45, 7) is 4.60. The molecule has 0 saturated carbocycles. The summed E-state index contributed by atoms with van der Waals surface area (Å²) in [6.07, 6.45) is 2.83. The molecule has 0 aliphatic carbocycles. The predicted octanol–water partition coefficient (Wildman–Crippen LogP) is 3.09. The highest BCUT2D eigenvalue weighted by atomic mass is 32.2. The zero-order valence-corrected chi connectivity index (χ0v) is 19.8. The van der Waals surface area contributed by atoms with Gasteiger partial charge in [0, 0.05) is 51.0 Å². The topological polar surface area (TPSA) is 69.6 Å². The summed E-state index contributed by atoms with van der Waals surface area (Å²) >= 11 is 0. The van der Waals surface area contributed by atoms with Crippen LogP contribution in [0.15, 0.2) is 54.7 Å². The molecule has 2 aromatic carbocycles. The third-order valence-electron chi connectivity index (χ3n) is 6.36. The van der Waals surface area contributed by atoms with E-state index in [1.807, 2.05) is 24.4 Å². The predicted molar refractivity (Wildman–Crippen MR) is 130 cm³/mol. The van der Waals surface area contributed by atoms with Gasteiger partial charge < -0.3 is 9.80 Å². The Balaban J connectivity index is 1.42. The Morgan fingerprint density at radius 3 is 2.62 bits per heavy atom. The first-order chi connectivity index (χ1) is 15.4. The first-order valence-corrected chi connectivity index (χ1v) is 12.7. The summed E-state index contributed by atoms with van der Waals surface area (Å²) in [4.78, 5) is 13.8. The van der Waals surface area contributed by atoms with Crippen LogP contribution in [-0.4, -0.2) is 79.7 Å². The second-order valence-electron chi connectivity index (χ2n) is 8.40. The molecule has 32 heavy (non-hydrogen) atoms. The number of hydrogen-bond donors (Lipinski definition) is 0. The summed E-state index contributed by atoms with van der Waals surface area (Å²) in [5, 5.41) is 2.41. The second kappa shape index (κ2) is 9.52. The van der Waals surface area contributed by atoms with E-state index in [4.69, 9.17) is 4.98 Å². The minimum atomic E-state index is -3.14. The van der Waals surface area contributed by atoms with Crippen molar-refractivity contribution in [3.05, 3.63) is 54.7 Å². The number of sulfonamides is 1. The van der Waals surface area contributed by atoms with Gasteiger partial charge in [-0.2, -0.15) is 0 Å². The van der Waals surface area contributed by atoms with Crippen molar-refractivity contribution in [2.45, 2.75) is 19.4 Å². The van der Waals surface area contributed by atoms with E-state index < -0.39 is 10.0 Å². The number of rotatable bonds is 8. The number of hydrogen-bond acceptors (Lipinski definition) is 6. The zero-order chi connectivity index (χ0) is 22.7. The van der Waals surface area contributed by atoms with Gasteiger partial charge in [-0.15, -0.1) is 0 Å². The molecular formula is C24H31N5O2S. The van der Waals surface area contributed by atoms with E-state index in [1.165, 1.54) is 15.1 Å². The Morgan fingerprint density at radius 1 is 1.06 bits per heavy atom. The Bertz CT molecular complexity index is 1180. The molecular weight excluding hydrogens is 422 g/mol. The molecule has 2 heterocycles. The molecule has 0 radical (unpaired) electrons. The summed E-state index contributed by atoms with van der Waals surface area (Å²) in [5.74, 6) is 0.882. The molecule has 0 bridgehead atoms. The molecule has 8 heteroatoms. The quantitative estimate of drug-likeness (QED) is 0.522. The number of aromatic nitrogens is 2. The lowest BCUT2D eigenvalue weighted by atomic mass is 10.1. The van der Waals surface area contributed by atoms with Gasteiger partial charge in [-0.25, -0.2) is 22.7 Å². The summed E-state index contributed by atoms with van der Waals surface area (Å²) in [6, 6.07) is 17.0. The lowest BCUT2D eigenvalue weighted by Crippen LogP contribution is -2.41. The average molecular weight is 454 g/mol. The van der Waals surface area contributed by atoms with Gasteiger partial charge in [-0.1, -0.05) is 36.4 Å². The fourth-order valence-electron chi connectivity index (χ4n) is 4.13. The number of anilines is 1. The van der Waals surface area contributed by atoms with Gasteiger partial charge >= 0.3 is 0 Å². The smallest absolute Gasteiger partial charge is 0.225 e. The third-order valence-corrected chi connectivity index (χ3v) is 8.23. The van der Waals surface area contributed by atoms with E-state index >= 15 is 0 Å². The minimum Gasteiger partial charge on any atom is -0.339 e. The fourth-order valence-corrected chi connectivity index (χ4v) is 4.93. The first-order valence-electron chi connectivity index (χ1n) is 11.1. The normalized spacial score (nSPS) is 17.0. The van der Waals surface area contributed by atoms with Crippen molar-refractivity contribution in [2.24, 2.45) is 0 Å². The maximum absolute atomic E-state index is 12.0. The summed E-state index contributed by atoms with van der Waals surface area (Å²) in [7, 11) is 0.575. The highest BCUT2D eigenvalue weighted by Crippen LogP contribution is 2.25. The molecule has 1 aromatic heterocycles. The van der Waals surface area contributed by atoms with Crippen LogP contribution in [0.2, 0.25) is 0 Å². The third kappa shape index (κ3) is 4.92. The average Bonchev–Trinajstić information content (AvgIpc) is 3.32. The molecule has 0 amide bonds. The van der Waals surface area contributed by atoms with Crippen molar-refractivity contribution >= 4 is 26.7 Å². The molecule has 0 unspecified atom stereocenters. The molecule has 1 aliphatic heterocycles. The van der Waals surface area contributed by atoms with Crippen LogP contribution in [0.1, 0.15) is 13.3 Å². The van der Waals surface area contributed by atoms with E-state index in [-0.39, 0.29) is 5.75 Å². The summed E-state index contributed by atoms with van der Waals surface area (Å²) in [5.41, 5.74) is 2.00. The molecule has 1 fully saturated rings. The highest BCUT2D eigenvalue weighted by Gasteiger charge is 2.28.